The average molecular weight is 273 g/mol. The molecule has 1 aromatic heterocycles. The zero-order valence-corrected chi connectivity index (χ0v) is 10.1. The van der Waals surface area contributed by atoms with Crippen molar-refractivity contribution in [3.8, 4) is 0 Å². The van der Waals surface area contributed by atoms with E-state index in [1.807, 2.05) is 4.90 Å². The second kappa shape index (κ2) is 4.37. The van der Waals surface area contributed by atoms with Gasteiger partial charge in [-0.2, -0.15) is 0 Å². The molecule has 0 aromatic carbocycles. The van der Waals surface area contributed by atoms with Gasteiger partial charge in [0.1, 0.15) is 0 Å². The molecule has 82 valence electrons. The third-order valence-corrected chi connectivity index (χ3v) is 2.87. The number of hydrogen-bond acceptors (Lipinski definition) is 3. The molecule has 0 saturated carbocycles. The summed E-state index contributed by atoms with van der Waals surface area (Å²) < 4.78 is 5.83. The minimum absolute atomic E-state index is 0.0333. The highest BCUT2D eigenvalue weighted by Gasteiger charge is 2.23. The van der Waals surface area contributed by atoms with E-state index in [-0.39, 0.29) is 5.91 Å². The molecule has 1 saturated heterocycles. The van der Waals surface area contributed by atoms with E-state index in [0.29, 0.717) is 16.5 Å². The fourth-order valence-corrected chi connectivity index (χ4v) is 2.01. The van der Waals surface area contributed by atoms with E-state index in [2.05, 4.69) is 28.2 Å². The van der Waals surface area contributed by atoms with Crippen LogP contribution in [-0.4, -0.2) is 36.5 Å². The van der Waals surface area contributed by atoms with Crippen molar-refractivity contribution in [3.05, 3.63) is 22.6 Å². The quantitative estimate of drug-likeness (QED) is 0.843. The Balaban J connectivity index is 2.07. The zero-order valence-electron chi connectivity index (χ0n) is 8.50. The maximum atomic E-state index is 11.9. The maximum absolute atomic E-state index is 11.9. The molecule has 4 nitrogen and oxygen atoms in total. The van der Waals surface area contributed by atoms with Crippen LogP contribution in [0.5, 0.6) is 0 Å². The zero-order chi connectivity index (χ0) is 10.8. The number of carbonyl (C=O) groups excluding carboxylic acids is 1. The van der Waals surface area contributed by atoms with E-state index in [4.69, 9.17) is 4.42 Å². The van der Waals surface area contributed by atoms with E-state index in [9.17, 15) is 4.79 Å². The lowest BCUT2D eigenvalue weighted by Gasteiger charge is -2.31. The van der Waals surface area contributed by atoms with E-state index in [1.165, 1.54) is 0 Å². The summed E-state index contributed by atoms with van der Waals surface area (Å²) in [5.74, 6) is 0.366. The second-order valence-corrected chi connectivity index (χ2v) is 4.49. The largest absolute Gasteiger partial charge is 0.444 e. The number of hydrogen-bond donors (Lipinski definition) is 1. The summed E-state index contributed by atoms with van der Waals surface area (Å²) in [6.07, 6.45) is 0. The monoisotopic (exact) mass is 272 g/mol. The van der Waals surface area contributed by atoms with Crippen molar-refractivity contribution in [2.75, 3.05) is 19.6 Å². The highest BCUT2D eigenvalue weighted by Crippen LogP contribution is 2.16. The molecule has 0 spiro atoms. The minimum Gasteiger partial charge on any atom is -0.444 e. The highest BCUT2D eigenvalue weighted by molar-refractivity contribution is 9.10. The Hall–Kier alpha value is -0.810. The molecule has 15 heavy (non-hydrogen) atoms. The number of piperazine rings is 1. The van der Waals surface area contributed by atoms with Gasteiger partial charge in [0.25, 0.3) is 5.91 Å². The average Bonchev–Trinajstić information content (AvgIpc) is 2.64. The number of nitrogens with zero attached hydrogens (tertiary/aromatic N) is 1. The van der Waals surface area contributed by atoms with Crippen molar-refractivity contribution in [2.24, 2.45) is 0 Å². The van der Waals surface area contributed by atoms with E-state index in [0.717, 1.165) is 19.6 Å². The third-order valence-electron chi connectivity index (χ3n) is 2.44. The van der Waals surface area contributed by atoms with Crippen LogP contribution >= 0.6 is 15.9 Å². The van der Waals surface area contributed by atoms with Gasteiger partial charge in [-0.3, -0.25) is 4.79 Å². The number of amides is 1. The SMILES string of the molecule is C[C@H]1CN(C(=O)c2ccc(Br)o2)CCN1. The Kier molecular flexibility index (Phi) is 3.11. The normalized spacial score (nSPS) is 21.7. The van der Waals surface area contributed by atoms with Crippen LogP contribution in [0.2, 0.25) is 0 Å². The number of furan rings is 1. The summed E-state index contributed by atoms with van der Waals surface area (Å²) in [6, 6.07) is 3.78. The van der Waals surface area contributed by atoms with Crippen LogP contribution in [0.4, 0.5) is 0 Å². The highest BCUT2D eigenvalue weighted by atomic mass is 79.9. The van der Waals surface area contributed by atoms with Crippen LogP contribution in [0.1, 0.15) is 17.5 Å². The standard InChI is InChI=1S/C10H13BrN2O2/c1-7-6-13(5-4-12-7)10(14)8-2-3-9(11)15-8/h2-3,7,12H,4-6H2,1H3/t7-/m0/s1. The fourth-order valence-electron chi connectivity index (χ4n) is 1.70. The predicted octanol–water partition coefficient (Wildman–Crippen LogP) is 1.48. The van der Waals surface area contributed by atoms with Gasteiger partial charge in [-0.15, -0.1) is 0 Å². The van der Waals surface area contributed by atoms with Crippen molar-refractivity contribution in [2.45, 2.75) is 13.0 Å². The predicted molar refractivity (Wildman–Crippen MR) is 59.8 cm³/mol. The Morgan fingerprint density at radius 3 is 3.07 bits per heavy atom. The maximum Gasteiger partial charge on any atom is 0.289 e. The molecule has 1 fully saturated rings. The van der Waals surface area contributed by atoms with Gasteiger partial charge in [0, 0.05) is 25.7 Å². The summed E-state index contributed by atoms with van der Waals surface area (Å²) in [7, 11) is 0. The lowest BCUT2D eigenvalue weighted by atomic mass is 10.2. The number of rotatable bonds is 1. The lowest BCUT2D eigenvalue weighted by molar-refractivity contribution is 0.0675. The van der Waals surface area contributed by atoms with Gasteiger partial charge < -0.3 is 14.6 Å². The molecule has 0 bridgehead atoms. The van der Waals surface area contributed by atoms with E-state index in [1.54, 1.807) is 12.1 Å². The van der Waals surface area contributed by atoms with Gasteiger partial charge in [-0.25, -0.2) is 0 Å². The molecule has 1 aliphatic rings. The molecule has 1 N–H and O–H groups in total. The van der Waals surface area contributed by atoms with Crippen LogP contribution in [-0.2, 0) is 0 Å². The first-order valence-electron chi connectivity index (χ1n) is 4.95. The van der Waals surface area contributed by atoms with Gasteiger partial charge in [0.2, 0.25) is 0 Å². The molecule has 0 aliphatic carbocycles. The van der Waals surface area contributed by atoms with E-state index >= 15 is 0 Å². The molecule has 5 heteroatoms. The summed E-state index contributed by atoms with van der Waals surface area (Å²) in [5.41, 5.74) is 0. The van der Waals surface area contributed by atoms with Gasteiger partial charge in [0.15, 0.2) is 10.4 Å². The molecule has 1 amide bonds. The summed E-state index contributed by atoms with van der Waals surface area (Å²) in [5, 5.41) is 3.29. The van der Waals surface area contributed by atoms with Crippen LogP contribution in [0.3, 0.4) is 0 Å². The Labute approximate surface area is 96.7 Å². The van der Waals surface area contributed by atoms with Crippen molar-refractivity contribution >= 4 is 21.8 Å². The molecule has 2 rings (SSSR count). The van der Waals surface area contributed by atoms with Crippen molar-refractivity contribution in [1.29, 1.82) is 0 Å². The van der Waals surface area contributed by atoms with Crippen LogP contribution in [0.15, 0.2) is 21.2 Å². The van der Waals surface area contributed by atoms with Gasteiger partial charge in [-0.1, -0.05) is 0 Å². The minimum atomic E-state index is -0.0333. The van der Waals surface area contributed by atoms with Crippen molar-refractivity contribution in [1.82, 2.24) is 10.2 Å². The second-order valence-electron chi connectivity index (χ2n) is 3.71. The molecule has 0 radical (unpaired) electrons. The molecule has 2 heterocycles. The number of halogens is 1. The van der Waals surface area contributed by atoms with Crippen molar-refractivity contribution in [3.63, 3.8) is 0 Å². The molecule has 1 atom stereocenters. The summed E-state index contributed by atoms with van der Waals surface area (Å²) in [6.45, 7) is 4.38. The fraction of sp³-hybridized carbons (Fsp3) is 0.500. The number of nitrogens with one attached hydrogen (secondary N) is 1. The van der Waals surface area contributed by atoms with Crippen LogP contribution in [0.25, 0.3) is 0 Å². The summed E-state index contributed by atoms with van der Waals surface area (Å²) >= 11 is 3.19. The van der Waals surface area contributed by atoms with Gasteiger partial charge in [0.05, 0.1) is 0 Å². The topological polar surface area (TPSA) is 45.5 Å². The molecular weight excluding hydrogens is 260 g/mol. The Bertz CT molecular complexity index is 364. The lowest BCUT2D eigenvalue weighted by Crippen LogP contribution is -2.51. The first-order valence-corrected chi connectivity index (χ1v) is 5.74. The Morgan fingerprint density at radius 2 is 2.47 bits per heavy atom. The molecule has 1 aliphatic heterocycles. The van der Waals surface area contributed by atoms with Crippen LogP contribution in [0, 0.1) is 0 Å². The smallest absolute Gasteiger partial charge is 0.289 e. The molecule has 1 aromatic rings. The first-order chi connectivity index (χ1) is 7.16. The van der Waals surface area contributed by atoms with Gasteiger partial charge >= 0.3 is 0 Å². The van der Waals surface area contributed by atoms with Crippen molar-refractivity contribution < 1.29 is 9.21 Å². The molecular formula is C10H13BrN2O2. The third kappa shape index (κ3) is 2.41. The molecule has 0 unspecified atom stereocenters. The van der Waals surface area contributed by atoms with E-state index < -0.39 is 0 Å². The Morgan fingerprint density at radius 1 is 1.67 bits per heavy atom. The number of carbonyl (C=O) groups is 1. The summed E-state index contributed by atoms with van der Waals surface area (Å²) in [4.78, 5) is 13.8. The first kappa shape index (κ1) is 10.7. The van der Waals surface area contributed by atoms with Gasteiger partial charge in [-0.05, 0) is 35.0 Å². The van der Waals surface area contributed by atoms with Crippen LogP contribution < -0.4 is 5.32 Å².